The quantitative estimate of drug-likeness (QED) is 0.336. The number of aromatic nitrogens is 1. The van der Waals surface area contributed by atoms with Gasteiger partial charge >= 0.3 is 0 Å². The second-order valence-corrected chi connectivity index (χ2v) is 5.55. The van der Waals surface area contributed by atoms with Crippen LogP contribution in [-0.4, -0.2) is 16.0 Å². The van der Waals surface area contributed by atoms with Gasteiger partial charge in [-0.1, -0.05) is 53.3 Å². The van der Waals surface area contributed by atoms with Gasteiger partial charge in [-0.05, 0) is 35.0 Å². The van der Waals surface area contributed by atoms with Gasteiger partial charge in [0, 0.05) is 4.90 Å². The summed E-state index contributed by atoms with van der Waals surface area (Å²) in [7, 11) is 0. The van der Waals surface area contributed by atoms with Gasteiger partial charge in [0.15, 0.2) is 5.84 Å². The highest BCUT2D eigenvalue weighted by atomic mass is 32.2. The van der Waals surface area contributed by atoms with Crippen molar-refractivity contribution in [2.75, 3.05) is 0 Å². The Labute approximate surface area is 126 Å². The molecule has 0 saturated carbocycles. The normalized spacial score (nSPS) is 11.7. The van der Waals surface area contributed by atoms with E-state index >= 15 is 0 Å². The van der Waals surface area contributed by atoms with E-state index in [2.05, 4.69) is 40.5 Å². The number of rotatable bonds is 3. The fourth-order valence-corrected chi connectivity index (χ4v) is 2.87. The van der Waals surface area contributed by atoms with E-state index in [4.69, 9.17) is 10.9 Å². The van der Waals surface area contributed by atoms with Gasteiger partial charge in [-0.25, -0.2) is 4.98 Å². The first-order chi connectivity index (χ1) is 10.3. The zero-order valence-corrected chi connectivity index (χ0v) is 11.9. The predicted molar refractivity (Wildman–Crippen MR) is 84.8 cm³/mol. The van der Waals surface area contributed by atoms with Crippen molar-refractivity contribution in [2.45, 2.75) is 9.92 Å². The summed E-state index contributed by atoms with van der Waals surface area (Å²) in [4.78, 5) is 5.46. The molecule has 5 heteroatoms. The van der Waals surface area contributed by atoms with E-state index in [1.165, 1.54) is 10.8 Å². The molecule has 0 unspecified atom stereocenters. The molecule has 4 nitrogen and oxygen atoms in total. The van der Waals surface area contributed by atoms with Crippen molar-refractivity contribution in [2.24, 2.45) is 10.9 Å². The van der Waals surface area contributed by atoms with Crippen molar-refractivity contribution in [3.63, 3.8) is 0 Å². The van der Waals surface area contributed by atoms with Gasteiger partial charge in [0.05, 0.1) is 0 Å². The molecule has 21 heavy (non-hydrogen) atoms. The molecular formula is C16H13N3OS. The van der Waals surface area contributed by atoms with Gasteiger partial charge in [0.25, 0.3) is 0 Å². The van der Waals surface area contributed by atoms with Crippen molar-refractivity contribution < 1.29 is 5.21 Å². The van der Waals surface area contributed by atoms with E-state index in [1.54, 1.807) is 17.8 Å². The molecule has 0 aliphatic rings. The molecule has 0 spiro atoms. The van der Waals surface area contributed by atoms with Crippen molar-refractivity contribution in [1.29, 1.82) is 0 Å². The maximum atomic E-state index is 8.70. The molecular weight excluding hydrogens is 282 g/mol. The predicted octanol–water partition coefficient (Wildman–Crippen LogP) is 3.48. The van der Waals surface area contributed by atoms with Crippen molar-refractivity contribution in [3.05, 3.63) is 66.4 Å². The Morgan fingerprint density at radius 3 is 2.62 bits per heavy atom. The standard InChI is InChI=1S/C16H13N3OS/c17-16(19-20)14-6-3-7-15(18-14)21-13-9-8-11-4-1-2-5-12(11)10-13/h1-10,20H,(H2,17,19). The van der Waals surface area contributed by atoms with E-state index in [9.17, 15) is 0 Å². The van der Waals surface area contributed by atoms with Gasteiger partial charge in [-0.15, -0.1) is 0 Å². The topological polar surface area (TPSA) is 71.5 Å². The van der Waals surface area contributed by atoms with Crippen LogP contribution in [0.1, 0.15) is 5.69 Å². The monoisotopic (exact) mass is 295 g/mol. The third-order valence-corrected chi connectivity index (χ3v) is 3.96. The summed E-state index contributed by atoms with van der Waals surface area (Å²) in [6.45, 7) is 0. The lowest BCUT2D eigenvalue weighted by atomic mass is 10.1. The van der Waals surface area contributed by atoms with Crippen molar-refractivity contribution >= 4 is 28.4 Å². The fourth-order valence-electron chi connectivity index (χ4n) is 2.02. The summed E-state index contributed by atoms with van der Waals surface area (Å²) in [6, 6.07) is 19.9. The Morgan fingerprint density at radius 1 is 1.00 bits per heavy atom. The Hall–Kier alpha value is -2.53. The van der Waals surface area contributed by atoms with Crippen LogP contribution in [-0.2, 0) is 0 Å². The van der Waals surface area contributed by atoms with E-state index in [1.807, 2.05) is 24.3 Å². The smallest absolute Gasteiger partial charge is 0.188 e. The van der Waals surface area contributed by atoms with Gasteiger partial charge in [-0.3, -0.25) is 0 Å². The lowest BCUT2D eigenvalue weighted by Gasteiger charge is -2.05. The number of nitrogens with zero attached hydrogens (tertiary/aromatic N) is 2. The summed E-state index contributed by atoms with van der Waals surface area (Å²) >= 11 is 1.54. The van der Waals surface area contributed by atoms with Crippen LogP contribution in [0.5, 0.6) is 0 Å². The number of oxime groups is 1. The van der Waals surface area contributed by atoms with E-state index in [-0.39, 0.29) is 5.84 Å². The van der Waals surface area contributed by atoms with E-state index in [0.717, 1.165) is 9.92 Å². The largest absolute Gasteiger partial charge is 0.409 e. The summed E-state index contributed by atoms with van der Waals surface area (Å²) in [5, 5.41) is 14.9. The molecule has 3 N–H and O–H groups in total. The molecule has 3 rings (SSSR count). The van der Waals surface area contributed by atoms with Crippen LogP contribution in [0.3, 0.4) is 0 Å². The van der Waals surface area contributed by atoms with Crippen LogP contribution in [0, 0.1) is 0 Å². The molecule has 0 fully saturated rings. The Bertz CT molecular complexity index is 817. The number of nitrogens with two attached hydrogens (primary N) is 1. The first-order valence-electron chi connectivity index (χ1n) is 6.38. The van der Waals surface area contributed by atoms with E-state index < -0.39 is 0 Å². The Morgan fingerprint density at radius 2 is 1.81 bits per heavy atom. The maximum absolute atomic E-state index is 8.70. The number of amidine groups is 1. The molecule has 0 saturated heterocycles. The van der Waals surface area contributed by atoms with Gasteiger partial charge in [0.2, 0.25) is 0 Å². The highest BCUT2D eigenvalue weighted by Crippen LogP contribution is 2.28. The fraction of sp³-hybridized carbons (Fsp3) is 0. The van der Waals surface area contributed by atoms with Crippen molar-refractivity contribution in [1.82, 2.24) is 4.98 Å². The molecule has 0 aliphatic carbocycles. The van der Waals surface area contributed by atoms with Gasteiger partial charge in [-0.2, -0.15) is 0 Å². The van der Waals surface area contributed by atoms with Gasteiger partial charge < -0.3 is 10.9 Å². The minimum Gasteiger partial charge on any atom is -0.409 e. The first-order valence-corrected chi connectivity index (χ1v) is 7.19. The van der Waals surface area contributed by atoms with Crippen LogP contribution in [0.15, 0.2) is 75.7 Å². The lowest BCUT2D eigenvalue weighted by Crippen LogP contribution is -2.14. The highest BCUT2D eigenvalue weighted by molar-refractivity contribution is 7.99. The molecule has 0 aliphatic heterocycles. The second-order valence-electron chi connectivity index (χ2n) is 4.46. The minimum absolute atomic E-state index is 0.0101. The second kappa shape index (κ2) is 5.85. The molecule has 104 valence electrons. The molecule has 1 heterocycles. The van der Waals surface area contributed by atoms with E-state index in [0.29, 0.717) is 5.69 Å². The number of benzene rings is 2. The van der Waals surface area contributed by atoms with Crippen LogP contribution in [0.25, 0.3) is 10.8 Å². The molecule has 3 aromatic rings. The number of hydrogen-bond acceptors (Lipinski definition) is 4. The Kier molecular flexibility index (Phi) is 3.75. The molecule has 0 amide bonds. The third kappa shape index (κ3) is 2.98. The summed E-state index contributed by atoms with van der Waals surface area (Å²) in [5.74, 6) is 0.0101. The molecule has 1 aromatic heterocycles. The zero-order chi connectivity index (χ0) is 14.7. The number of hydrogen-bond donors (Lipinski definition) is 2. The van der Waals surface area contributed by atoms with Gasteiger partial charge in [0.1, 0.15) is 10.7 Å². The zero-order valence-electron chi connectivity index (χ0n) is 11.1. The number of fused-ring (bicyclic) bond motifs is 1. The number of pyridine rings is 1. The van der Waals surface area contributed by atoms with Crippen LogP contribution < -0.4 is 5.73 Å². The minimum atomic E-state index is 0.0101. The summed E-state index contributed by atoms with van der Waals surface area (Å²) in [5.41, 5.74) is 6.02. The molecule has 0 radical (unpaired) electrons. The SMILES string of the molecule is NC(=NO)c1cccc(Sc2ccc3ccccc3c2)n1. The highest BCUT2D eigenvalue weighted by Gasteiger charge is 2.04. The summed E-state index contributed by atoms with van der Waals surface area (Å²) < 4.78 is 0. The van der Waals surface area contributed by atoms with Crippen LogP contribution >= 0.6 is 11.8 Å². The average molecular weight is 295 g/mol. The van der Waals surface area contributed by atoms with Crippen LogP contribution in [0.2, 0.25) is 0 Å². The third-order valence-electron chi connectivity index (χ3n) is 3.04. The van der Waals surface area contributed by atoms with Crippen LogP contribution in [0.4, 0.5) is 0 Å². The Balaban J connectivity index is 1.91. The first kappa shape index (κ1) is 13.5. The molecule has 0 bridgehead atoms. The molecule has 2 aromatic carbocycles. The average Bonchev–Trinajstić information content (AvgIpc) is 2.54. The van der Waals surface area contributed by atoms with Crippen molar-refractivity contribution in [3.8, 4) is 0 Å². The summed E-state index contributed by atoms with van der Waals surface area (Å²) in [6.07, 6.45) is 0. The molecule has 0 atom stereocenters. The lowest BCUT2D eigenvalue weighted by molar-refractivity contribution is 0.318. The maximum Gasteiger partial charge on any atom is 0.188 e.